The van der Waals surface area contributed by atoms with E-state index in [0.29, 0.717) is 12.0 Å². The molecule has 0 aromatic carbocycles. The molecular formula is C15H31NO. The number of rotatable bonds is 5. The van der Waals surface area contributed by atoms with E-state index in [4.69, 9.17) is 0 Å². The maximum Gasteiger partial charge on any atom is 0.0448 e. The normalized spacial score (nSPS) is 30.5. The SMILES string of the molecule is CCCNC1(CCO)CCC(C(C)(C)C)CC1. The first-order chi connectivity index (χ1) is 7.93. The summed E-state index contributed by atoms with van der Waals surface area (Å²) in [4.78, 5) is 0. The molecule has 0 aliphatic heterocycles. The highest BCUT2D eigenvalue weighted by Gasteiger charge is 2.37. The van der Waals surface area contributed by atoms with Crippen LogP contribution >= 0.6 is 0 Å². The van der Waals surface area contributed by atoms with Crippen molar-refractivity contribution in [2.24, 2.45) is 11.3 Å². The molecule has 17 heavy (non-hydrogen) atoms. The van der Waals surface area contributed by atoms with Crippen molar-refractivity contribution < 1.29 is 5.11 Å². The minimum atomic E-state index is 0.229. The molecule has 0 amide bonds. The molecule has 0 aromatic rings. The van der Waals surface area contributed by atoms with Crippen molar-refractivity contribution in [3.63, 3.8) is 0 Å². The van der Waals surface area contributed by atoms with Crippen molar-refractivity contribution >= 4 is 0 Å². The number of hydrogen-bond acceptors (Lipinski definition) is 2. The number of nitrogens with one attached hydrogen (secondary N) is 1. The predicted octanol–water partition coefficient (Wildman–Crippen LogP) is 3.34. The van der Waals surface area contributed by atoms with Gasteiger partial charge in [-0.25, -0.2) is 0 Å². The molecule has 1 saturated carbocycles. The van der Waals surface area contributed by atoms with Gasteiger partial charge in [0.25, 0.3) is 0 Å². The van der Waals surface area contributed by atoms with E-state index in [0.717, 1.165) is 18.9 Å². The predicted molar refractivity (Wildman–Crippen MR) is 74.1 cm³/mol. The zero-order valence-electron chi connectivity index (χ0n) is 12.2. The third kappa shape index (κ3) is 4.26. The van der Waals surface area contributed by atoms with Gasteiger partial charge in [-0.1, -0.05) is 27.7 Å². The molecule has 1 rings (SSSR count). The first-order valence-corrected chi connectivity index (χ1v) is 7.29. The summed E-state index contributed by atoms with van der Waals surface area (Å²) in [5.74, 6) is 0.845. The van der Waals surface area contributed by atoms with Crippen LogP contribution in [0.3, 0.4) is 0 Å². The molecule has 0 radical (unpaired) electrons. The van der Waals surface area contributed by atoms with E-state index in [-0.39, 0.29) is 5.54 Å². The Labute approximate surface area is 107 Å². The summed E-state index contributed by atoms with van der Waals surface area (Å²) in [6.45, 7) is 10.7. The summed E-state index contributed by atoms with van der Waals surface area (Å²) >= 11 is 0. The topological polar surface area (TPSA) is 32.3 Å². The Hall–Kier alpha value is -0.0800. The minimum absolute atomic E-state index is 0.229. The molecular weight excluding hydrogens is 210 g/mol. The second-order valence-electron chi connectivity index (χ2n) is 6.82. The van der Waals surface area contributed by atoms with Gasteiger partial charge < -0.3 is 10.4 Å². The molecule has 0 bridgehead atoms. The van der Waals surface area contributed by atoms with Gasteiger partial charge in [-0.3, -0.25) is 0 Å². The molecule has 0 aromatic heterocycles. The Kier molecular flexibility index (Phi) is 5.46. The maximum atomic E-state index is 9.27. The zero-order valence-corrected chi connectivity index (χ0v) is 12.2. The highest BCUT2D eigenvalue weighted by atomic mass is 16.3. The van der Waals surface area contributed by atoms with Gasteiger partial charge in [0.05, 0.1) is 0 Å². The fraction of sp³-hybridized carbons (Fsp3) is 1.00. The molecule has 0 spiro atoms. The van der Waals surface area contributed by atoms with Gasteiger partial charge in [-0.05, 0) is 56.4 Å². The van der Waals surface area contributed by atoms with Crippen LogP contribution in [-0.4, -0.2) is 23.8 Å². The van der Waals surface area contributed by atoms with Crippen molar-refractivity contribution in [1.82, 2.24) is 5.32 Å². The second-order valence-corrected chi connectivity index (χ2v) is 6.82. The van der Waals surface area contributed by atoms with Crippen LogP contribution in [0.15, 0.2) is 0 Å². The van der Waals surface area contributed by atoms with Crippen LogP contribution in [0, 0.1) is 11.3 Å². The largest absolute Gasteiger partial charge is 0.396 e. The van der Waals surface area contributed by atoms with Gasteiger partial charge in [0.15, 0.2) is 0 Å². The van der Waals surface area contributed by atoms with Crippen LogP contribution in [0.5, 0.6) is 0 Å². The lowest BCUT2D eigenvalue weighted by Gasteiger charge is -2.44. The molecule has 1 aliphatic rings. The summed E-state index contributed by atoms with van der Waals surface area (Å²) in [6, 6.07) is 0. The molecule has 2 heteroatoms. The first kappa shape index (κ1) is 15.0. The summed E-state index contributed by atoms with van der Waals surface area (Å²) in [7, 11) is 0. The molecule has 102 valence electrons. The van der Waals surface area contributed by atoms with Crippen LogP contribution < -0.4 is 5.32 Å². The van der Waals surface area contributed by atoms with Crippen LogP contribution in [0.2, 0.25) is 0 Å². The smallest absolute Gasteiger partial charge is 0.0448 e. The van der Waals surface area contributed by atoms with Crippen LogP contribution in [0.25, 0.3) is 0 Å². The maximum absolute atomic E-state index is 9.27. The molecule has 2 nitrogen and oxygen atoms in total. The van der Waals surface area contributed by atoms with Gasteiger partial charge in [-0.15, -0.1) is 0 Å². The van der Waals surface area contributed by atoms with Gasteiger partial charge in [0.1, 0.15) is 0 Å². The lowest BCUT2D eigenvalue weighted by Crippen LogP contribution is -2.49. The third-order valence-corrected chi connectivity index (χ3v) is 4.51. The first-order valence-electron chi connectivity index (χ1n) is 7.29. The molecule has 0 saturated heterocycles. The highest BCUT2D eigenvalue weighted by Crippen LogP contribution is 2.42. The van der Waals surface area contributed by atoms with Gasteiger partial charge in [-0.2, -0.15) is 0 Å². The molecule has 2 N–H and O–H groups in total. The van der Waals surface area contributed by atoms with Crippen molar-refractivity contribution in [2.45, 2.75) is 71.8 Å². The van der Waals surface area contributed by atoms with Crippen molar-refractivity contribution in [2.75, 3.05) is 13.2 Å². The van der Waals surface area contributed by atoms with E-state index in [9.17, 15) is 5.11 Å². The van der Waals surface area contributed by atoms with E-state index in [1.54, 1.807) is 0 Å². The van der Waals surface area contributed by atoms with E-state index in [1.807, 2.05) is 0 Å². The van der Waals surface area contributed by atoms with E-state index in [1.165, 1.54) is 32.1 Å². The lowest BCUT2D eigenvalue weighted by molar-refractivity contribution is 0.0943. The summed E-state index contributed by atoms with van der Waals surface area (Å²) in [6.07, 6.45) is 7.17. The third-order valence-electron chi connectivity index (χ3n) is 4.51. The van der Waals surface area contributed by atoms with E-state index < -0.39 is 0 Å². The molecule has 0 unspecified atom stereocenters. The van der Waals surface area contributed by atoms with Gasteiger partial charge in [0.2, 0.25) is 0 Å². The van der Waals surface area contributed by atoms with Gasteiger partial charge in [0, 0.05) is 12.1 Å². The lowest BCUT2D eigenvalue weighted by atomic mass is 9.66. The standard InChI is InChI=1S/C15H31NO/c1-5-11-16-15(10-12-17)8-6-13(7-9-15)14(2,3)4/h13,16-17H,5-12H2,1-4H3. The Bertz CT molecular complexity index is 211. The fourth-order valence-corrected chi connectivity index (χ4v) is 3.16. The Morgan fingerprint density at radius 3 is 2.24 bits per heavy atom. The average molecular weight is 241 g/mol. The summed E-state index contributed by atoms with van der Waals surface area (Å²) in [5, 5.41) is 13.0. The van der Waals surface area contributed by atoms with Crippen molar-refractivity contribution in [3.05, 3.63) is 0 Å². The van der Waals surface area contributed by atoms with Crippen LogP contribution in [0.4, 0.5) is 0 Å². The number of aliphatic hydroxyl groups is 1. The van der Waals surface area contributed by atoms with Crippen molar-refractivity contribution in [3.8, 4) is 0 Å². The Morgan fingerprint density at radius 2 is 1.82 bits per heavy atom. The quantitative estimate of drug-likeness (QED) is 0.773. The zero-order chi connectivity index (χ0) is 12.9. The summed E-state index contributed by atoms with van der Waals surface area (Å²) in [5.41, 5.74) is 0.669. The minimum Gasteiger partial charge on any atom is -0.396 e. The number of hydrogen-bond donors (Lipinski definition) is 2. The second kappa shape index (κ2) is 6.19. The average Bonchev–Trinajstić information content (AvgIpc) is 2.26. The van der Waals surface area contributed by atoms with Crippen LogP contribution in [-0.2, 0) is 0 Å². The molecule has 1 fully saturated rings. The monoisotopic (exact) mass is 241 g/mol. The Morgan fingerprint density at radius 1 is 1.24 bits per heavy atom. The van der Waals surface area contributed by atoms with Crippen molar-refractivity contribution in [1.29, 1.82) is 0 Å². The van der Waals surface area contributed by atoms with E-state index in [2.05, 4.69) is 33.0 Å². The molecule has 0 atom stereocenters. The summed E-state index contributed by atoms with van der Waals surface area (Å²) < 4.78 is 0. The molecule has 1 aliphatic carbocycles. The molecule has 0 heterocycles. The highest BCUT2D eigenvalue weighted by molar-refractivity contribution is 4.94. The van der Waals surface area contributed by atoms with Gasteiger partial charge >= 0.3 is 0 Å². The van der Waals surface area contributed by atoms with Crippen LogP contribution in [0.1, 0.15) is 66.2 Å². The fourth-order valence-electron chi connectivity index (χ4n) is 3.16. The van der Waals surface area contributed by atoms with E-state index >= 15 is 0 Å². The Balaban J connectivity index is 2.54. The number of aliphatic hydroxyl groups excluding tert-OH is 1.